The van der Waals surface area contributed by atoms with Crippen molar-refractivity contribution >= 4 is 35.8 Å². The van der Waals surface area contributed by atoms with Gasteiger partial charge in [-0.1, -0.05) is 6.42 Å². The number of guanidine groups is 1. The smallest absolute Gasteiger partial charge is 0.219 e. The minimum Gasteiger partial charge on any atom is -0.474 e. The highest BCUT2D eigenvalue weighted by Crippen LogP contribution is 2.22. The number of aromatic nitrogens is 1. The van der Waals surface area contributed by atoms with Gasteiger partial charge in [0.2, 0.25) is 11.8 Å². The molecule has 0 spiro atoms. The first-order chi connectivity index (χ1) is 13.7. The molecule has 2 aliphatic rings. The SMILES string of the molecule is CCNC(=NCc1ccnc(OC2CCCCC2)c1)N1CCN(C(C)=O)CC1.I. The molecule has 1 aromatic heterocycles. The monoisotopic (exact) mass is 515 g/mol. The third-order valence-electron chi connectivity index (χ3n) is 5.41. The largest absolute Gasteiger partial charge is 0.474 e. The number of piperazine rings is 1. The van der Waals surface area contributed by atoms with E-state index in [0.717, 1.165) is 57.1 Å². The standard InChI is InChI=1S/C21H33N5O2.HI/c1-3-22-21(26-13-11-25(12-14-26)17(2)27)24-16-18-9-10-23-20(15-18)28-19-7-5-4-6-8-19;/h9-10,15,19H,3-8,11-14,16H2,1-2H3,(H,22,24);1H. The zero-order valence-corrected chi connectivity index (χ0v) is 19.9. The van der Waals surface area contributed by atoms with Crippen molar-refractivity contribution in [1.82, 2.24) is 20.1 Å². The first-order valence-corrected chi connectivity index (χ1v) is 10.6. The van der Waals surface area contributed by atoms with E-state index in [9.17, 15) is 4.79 Å². The molecule has 3 rings (SSSR count). The number of halogens is 1. The maximum absolute atomic E-state index is 11.5. The maximum Gasteiger partial charge on any atom is 0.219 e. The molecular formula is C21H34IN5O2. The minimum atomic E-state index is 0. The molecule has 0 atom stereocenters. The number of nitrogens with one attached hydrogen (secondary N) is 1. The van der Waals surface area contributed by atoms with E-state index < -0.39 is 0 Å². The van der Waals surface area contributed by atoms with E-state index >= 15 is 0 Å². The Balaban J connectivity index is 0.00000300. The summed E-state index contributed by atoms with van der Waals surface area (Å²) in [5, 5.41) is 3.37. The summed E-state index contributed by atoms with van der Waals surface area (Å²) in [6.07, 6.45) is 8.17. The van der Waals surface area contributed by atoms with Crippen molar-refractivity contribution in [3.8, 4) is 5.88 Å². The molecule has 2 fully saturated rings. The first-order valence-electron chi connectivity index (χ1n) is 10.6. The summed E-state index contributed by atoms with van der Waals surface area (Å²) in [7, 11) is 0. The van der Waals surface area contributed by atoms with Crippen LogP contribution in [0.15, 0.2) is 23.3 Å². The zero-order chi connectivity index (χ0) is 19.8. The van der Waals surface area contributed by atoms with Gasteiger partial charge in [-0.2, -0.15) is 0 Å². The predicted molar refractivity (Wildman–Crippen MR) is 126 cm³/mol. The van der Waals surface area contributed by atoms with E-state index in [4.69, 9.17) is 9.73 Å². The lowest BCUT2D eigenvalue weighted by Gasteiger charge is -2.36. The fourth-order valence-corrected chi connectivity index (χ4v) is 3.79. The van der Waals surface area contributed by atoms with E-state index in [1.54, 1.807) is 6.92 Å². The van der Waals surface area contributed by atoms with Gasteiger partial charge in [-0.05, 0) is 44.2 Å². The molecule has 29 heavy (non-hydrogen) atoms. The van der Waals surface area contributed by atoms with E-state index in [1.165, 1.54) is 19.3 Å². The summed E-state index contributed by atoms with van der Waals surface area (Å²) in [4.78, 5) is 24.8. The van der Waals surface area contributed by atoms with Gasteiger partial charge in [0.05, 0.1) is 6.54 Å². The van der Waals surface area contributed by atoms with Gasteiger partial charge in [0, 0.05) is 51.9 Å². The Hall–Kier alpha value is -1.58. The number of hydrogen-bond donors (Lipinski definition) is 1. The Bertz CT molecular complexity index is 671. The van der Waals surface area contributed by atoms with Crippen LogP contribution >= 0.6 is 24.0 Å². The van der Waals surface area contributed by atoms with Crippen LogP contribution in [0.3, 0.4) is 0 Å². The second kappa shape index (κ2) is 12.2. The predicted octanol–water partition coefficient (Wildman–Crippen LogP) is 3.04. The van der Waals surface area contributed by atoms with Gasteiger partial charge in [0.1, 0.15) is 6.10 Å². The van der Waals surface area contributed by atoms with Gasteiger partial charge >= 0.3 is 0 Å². The molecular weight excluding hydrogens is 481 g/mol. The molecule has 0 bridgehead atoms. The van der Waals surface area contributed by atoms with Crippen LogP contribution < -0.4 is 10.1 Å². The van der Waals surface area contributed by atoms with Gasteiger partial charge in [-0.15, -0.1) is 24.0 Å². The zero-order valence-electron chi connectivity index (χ0n) is 17.6. The molecule has 0 radical (unpaired) electrons. The number of rotatable bonds is 5. The van der Waals surface area contributed by atoms with E-state index in [2.05, 4.69) is 22.1 Å². The van der Waals surface area contributed by atoms with E-state index in [0.29, 0.717) is 18.5 Å². The molecule has 1 saturated carbocycles. The molecule has 1 saturated heterocycles. The number of hydrogen-bond acceptors (Lipinski definition) is 4. The van der Waals surface area contributed by atoms with E-state index in [1.807, 2.05) is 23.2 Å². The molecule has 8 heteroatoms. The fourth-order valence-electron chi connectivity index (χ4n) is 3.79. The molecule has 1 amide bonds. The summed E-state index contributed by atoms with van der Waals surface area (Å²) < 4.78 is 6.08. The maximum atomic E-state index is 11.5. The van der Waals surface area contributed by atoms with Crippen LogP contribution in [0.25, 0.3) is 0 Å². The van der Waals surface area contributed by atoms with Crippen molar-refractivity contribution in [2.24, 2.45) is 4.99 Å². The quantitative estimate of drug-likeness (QED) is 0.371. The van der Waals surface area contributed by atoms with Crippen LogP contribution in [0.5, 0.6) is 5.88 Å². The highest BCUT2D eigenvalue weighted by Gasteiger charge is 2.21. The molecule has 1 aliphatic carbocycles. The van der Waals surface area contributed by atoms with E-state index in [-0.39, 0.29) is 29.9 Å². The van der Waals surface area contributed by atoms with Crippen molar-refractivity contribution in [2.45, 2.75) is 58.6 Å². The first kappa shape index (κ1) is 23.7. The van der Waals surface area contributed by atoms with Crippen molar-refractivity contribution in [1.29, 1.82) is 0 Å². The second-order valence-electron chi connectivity index (χ2n) is 7.54. The topological polar surface area (TPSA) is 70.1 Å². The van der Waals surface area contributed by atoms with Crippen LogP contribution in [0.2, 0.25) is 0 Å². The molecule has 1 aromatic rings. The normalized spacial score (nSPS) is 18.2. The number of aliphatic imine (C=N–C) groups is 1. The average Bonchev–Trinajstić information content (AvgIpc) is 2.72. The Morgan fingerprint density at radius 1 is 1.21 bits per heavy atom. The Kier molecular flexibility index (Phi) is 9.96. The fraction of sp³-hybridized carbons (Fsp3) is 0.667. The molecule has 0 unspecified atom stereocenters. The van der Waals surface area contributed by atoms with Crippen LogP contribution in [0, 0.1) is 0 Å². The van der Waals surface area contributed by atoms with Gasteiger partial charge in [-0.3, -0.25) is 4.79 Å². The Labute approximate surface area is 191 Å². The summed E-state index contributed by atoms with van der Waals surface area (Å²) in [6, 6.07) is 4.00. The van der Waals surface area contributed by atoms with Gasteiger partial charge < -0.3 is 19.9 Å². The number of amides is 1. The lowest BCUT2D eigenvalue weighted by molar-refractivity contribution is -0.130. The van der Waals surface area contributed by atoms with Crippen molar-refractivity contribution in [3.05, 3.63) is 23.9 Å². The molecule has 7 nitrogen and oxygen atoms in total. The third-order valence-corrected chi connectivity index (χ3v) is 5.41. The summed E-state index contributed by atoms with van der Waals surface area (Å²) in [5.74, 6) is 1.75. The van der Waals surface area contributed by atoms with Gasteiger partial charge in [-0.25, -0.2) is 9.98 Å². The lowest BCUT2D eigenvalue weighted by atomic mass is 9.98. The molecule has 1 N–H and O–H groups in total. The van der Waals surface area contributed by atoms with Gasteiger partial charge in [0.25, 0.3) is 0 Å². The van der Waals surface area contributed by atoms with Crippen LogP contribution in [0.4, 0.5) is 0 Å². The summed E-state index contributed by atoms with van der Waals surface area (Å²) in [5.41, 5.74) is 1.10. The van der Waals surface area contributed by atoms with Crippen LogP contribution in [0.1, 0.15) is 51.5 Å². The van der Waals surface area contributed by atoms with Crippen molar-refractivity contribution < 1.29 is 9.53 Å². The Morgan fingerprint density at radius 3 is 2.55 bits per heavy atom. The third kappa shape index (κ3) is 7.31. The van der Waals surface area contributed by atoms with Crippen LogP contribution in [-0.4, -0.2) is 65.5 Å². The minimum absolute atomic E-state index is 0. The van der Waals surface area contributed by atoms with Gasteiger partial charge in [0.15, 0.2) is 5.96 Å². The number of carbonyl (C=O) groups excluding carboxylic acids is 1. The molecule has 162 valence electrons. The number of ether oxygens (including phenoxy) is 1. The van der Waals surface area contributed by atoms with Crippen molar-refractivity contribution in [2.75, 3.05) is 32.7 Å². The molecule has 2 heterocycles. The van der Waals surface area contributed by atoms with Crippen LogP contribution in [-0.2, 0) is 11.3 Å². The summed E-state index contributed by atoms with van der Waals surface area (Å²) in [6.45, 7) is 8.20. The Morgan fingerprint density at radius 2 is 1.90 bits per heavy atom. The van der Waals surface area contributed by atoms with Crippen molar-refractivity contribution in [3.63, 3.8) is 0 Å². The molecule has 1 aliphatic heterocycles. The lowest BCUT2D eigenvalue weighted by Crippen LogP contribution is -2.53. The molecule has 0 aromatic carbocycles. The number of pyridine rings is 1. The summed E-state index contributed by atoms with van der Waals surface area (Å²) >= 11 is 0. The number of carbonyl (C=O) groups is 1. The average molecular weight is 515 g/mol. The highest BCUT2D eigenvalue weighted by atomic mass is 127. The second-order valence-corrected chi connectivity index (χ2v) is 7.54. The highest BCUT2D eigenvalue weighted by molar-refractivity contribution is 14.0. The number of nitrogens with zero attached hydrogens (tertiary/aromatic N) is 4.